The molecule has 0 aliphatic heterocycles. The second-order valence-corrected chi connectivity index (χ2v) is 3.54. The lowest BCUT2D eigenvalue weighted by atomic mass is 10.2. The molecule has 1 aromatic carbocycles. The molecule has 1 rings (SSSR count). The van der Waals surface area contributed by atoms with Crippen molar-refractivity contribution < 1.29 is 37.7 Å². The summed E-state index contributed by atoms with van der Waals surface area (Å²) in [7, 11) is 1.31. The van der Waals surface area contributed by atoms with E-state index in [1.807, 2.05) is 0 Å². The molecule has 0 heterocycles. The van der Waals surface area contributed by atoms with Crippen LogP contribution in [0.15, 0.2) is 18.2 Å². The van der Waals surface area contributed by atoms with Gasteiger partial charge in [0, 0.05) is 0 Å². The summed E-state index contributed by atoms with van der Waals surface area (Å²) in [4.78, 5) is 10.9. The van der Waals surface area contributed by atoms with Crippen molar-refractivity contribution in [3.8, 4) is 11.5 Å². The Balaban J connectivity index is 2.86. The van der Waals surface area contributed by atoms with Crippen molar-refractivity contribution in [3.05, 3.63) is 23.8 Å². The van der Waals surface area contributed by atoms with E-state index in [4.69, 9.17) is 14.9 Å². The van der Waals surface area contributed by atoms with Gasteiger partial charge < -0.3 is 19.7 Å². The van der Waals surface area contributed by atoms with Crippen LogP contribution in [0.2, 0.25) is 0 Å². The fourth-order valence-corrected chi connectivity index (χ4v) is 1.19. The number of halogens is 3. The molecule has 1 atom stereocenters. The molecule has 8 heteroatoms. The quantitative estimate of drug-likeness (QED) is 0.858. The zero-order valence-corrected chi connectivity index (χ0v) is 9.77. The first-order valence-electron chi connectivity index (χ1n) is 5.04. The number of aliphatic hydroxyl groups is 1. The lowest BCUT2D eigenvalue weighted by Crippen LogP contribution is -2.34. The van der Waals surface area contributed by atoms with Crippen LogP contribution in [0.5, 0.6) is 11.5 Å². The Labute approximate surface area is 106 Å². The van der Waals surface area contributed by atoms with Crippen molar-refractivity contribution in [2.45, 2.75) is 12.3 Å². The summed E-state index contributed by atoms with van der Waals surface area (Å²) in [6, 6.07) is 3.60. The van der Waals surface area contributed by atoms with Gasteiger partial charge in [-0.2, -0.15) is 13.2 Å². The van der Waals surface area contributed by atoms with Gasteiger partial charge >= 0.3 is 12.1 Å². The van der Waals surface area contributed by atoms with E-state index in [1.165, 1.54) is 13.2 Å². The number of methoxy groups -OCH3 is 1. The number of hydrogen-bond donors (Lipinski definition) is 2. The molecule has 0 radical (unpaired) electrons. The van der Waals surface area contributed by atoms with Crippen LogP contribution >= 0.6 is 0 Å². The zero-order chi connectivity index (χ0) is 14.6. The van der Waals surface area contributed by atoms with Crippen LogP contribution in [-0.2, 0) is 0 Å². The number of carboxylic acids is 1. The van der Waals surface area contributed by atoms with Crippen molar-refractivity contribution in [2.24, 2.45) is 0 Å². The van der Waals surface area contributed by atoms with Crippen molar-refractivity contribution in [1.82, 2.24) is 0 Å². The number of aliphatic hydroxyl groups excluding tert-OH is 1. The van der Waals surface area contributed by atoms with Crippen LogP contribution in [0.25, 0.3) is 0 Å². The van der Waals surface area contributed by atoms with Crippen LogP contribution in [-0.4, -0.2) is 42.2 Å². The highest BCUT2D eigenvalue weighted by Gasteiger charge is 2.38. The smallest absolute Gasteiger partial charge is 0.417 e. The first kappa shape index (κ1) is 15.1. The van der Waals surface area contributed by atoms with Crippen molar-refractivity contribution >= 4 is 5.97 Å². The van der Waals surface area contributed by atoms with E-state index in [-0.39, 0.29) is 17.1 Å². The lowest BCUT2D eigenvalue weighted by Gasteiger charge is -2.16. The Morgan fingerprint density at radius 1 is 1.42 bits per heavy atom. The molecule has 106 valence electrons. The first-order valence-corrected chi connectivity index (χ1v) is 5.04. The van der Waals surface area contributed by atoms with E-state index >= 15 is 0 Å². The number of ether oxygens (including phenoxy) is 2. The maximum Gasteiger partial charge on any atom is 0.417 e. The van der Waals surface area contributed by atoms with E-state index in [2.05, 4.69) is 4.74 Å². The molecule has 0 amide bonds. The third-order valence-electron chi connectivity index (χ3n) is 2.19. The standard InChI is InChI=1S/C11H11F3O5/c1-18-6-2-3-8(7(4-6)10(16)17)19-5-9(15)11(12,13)14/h2-4,9,15H,5H2,1H3,(H,16,17). The molecule has 0 bridgehead atoms. The fourth-order valence-electron chi connectivity index (χ4n) is 1.19. The predicted octanol–water partition coefficient (Wildman–Crippen LogP) is 1.70. The van der Waals surface area contributed by atoms with Crippen LogP contribution in [0.1, 0.15) is 10.4 Å². The van der Waals surface area contributed by atoms with Crippen LogP contribution in [0.4, 0.5) is 13.2 Å². The van der Waals surface area contributed by atoms with Gasteiger partial charge in [-0.1, -0.05) is 0 Å². The number of carboxylic acid groups (broad SMARTS) is 1. The third-order valence-corrected chi connectivity index (χ3v) is 2.19. The molecule has 1 unspecified atom stereocenters. The lowest BCUT2D eigenvalue weighted by molar-refractivity contribution is -0.210. The Morgan fingerprint density at radius 3 is 2.53 bits per heavy atom. The largest absolute Gasteiger partial charge is 0.497 e. The highest BCUT2D eigenvalue weighted by atomic mass is 19.4. The Kier molecular flexibility index (Phi) is 4.60. The molecular weight excluding hydrogens is 269 g/mol. The molecule has 5 nitrogen and oxygen atoms in total. The average Bonchev–Trinajstić information content (AvgIpc) is 2.34. The van der Waals surface area contributed by atoms with Crippen molar-refractivity contribution in [2.75, 3.05) is 13.7 Å². The number of hydrogen-bond acceptors (Lipinski definition) is 4. The normalized spacial score (nSPS) is 12.9. The van der Waals surface area contributed by atoms with Crippen LogP contribution < -0.4 is 9.47 Å². The second-order valence-electron chi connectivity index (χ2n) is 3.54. The summed E-state index contributed by atoms with van der Waals surface area (Å²) in [5, 5.41) is 17.6. The van der Waals surface area contributed by atoms with Gasteiger partial charge in [0.1, 0.15) is 23.7 Å². The summed E-state index contributed by atoms with van der Waals surface area (Å²) >= 11 is 0. The van der Waals surface area contributed by atoms with Gasteiger partial charge in [-0.05, 0) is 18.2 Å². The van der Waals surface area contributed by atoms with E-state index in [9.17, 15) is 18.0 Å². The maximum atomic E-state index is 12.1. The van der Waals surface area contributed by atoms with Crippen LogP contribution in [0.3, 0.4) is 0 Å². The zero-order valence-electron chi connectivity index (χ0n) is 9.77. The monoisotopic (exact) mass is 280 g/mol. The molecule has 0 aromatic heterocycles. The number of benzene rings is 1. The molecule has 0 spiro atoms. The molecule has 0 aliphatic carbocycles. The molecule has 0 saturated heterocycles. The Hall–Kier alpha value is -1.96. The van der Waals surface area contributed by atoms with Gasteiger partial charge in [-0.3, -0.25) is 0 Å². The third kappa shape index (κ3) is 4.02. The summed E-state index contributed by atoms with van der Waals surface area (Å²) < 4.78 is 45.7. The minimum Gasteiger partial charge on any atom is -0.497 e. The van der Waals surface area contributed by atoms with Crippen molar-refractivity contribution in [1.29, 1.82) is 0 Å². The maximum absolute atomic E-state index is 12.1. The molecule has 0 fully saturated rings. The van der Waals surface area contributed by atoms with Gasteiger partial charge in [-0.25, -0.2) is 4.79 Å². The van der Waals surface area contributed by atoms with Gasteiger partial charge in [0.15, 0.2) is 6.10 Å². The number of rotatable bonds is 5. The minimum absolute atomic E-state index is 0.223. The highest BCUT2D eigenvalue weighted by Crippen LogP contribution is 2.26. The van der Waals surface area contributed by atoms with E-state index < -0.39 is 24.9 Å². The SMILES string of the molecule is COc1ccc(OCC(O)C(F)(F)F)c(C(=O)O)c1. The molecule has 0 saturated carbocycles. The molecular formula is C11H11F3O5. The van der Waals surface area contributed by atoms with Gasteiger partial charge in [0.25, 0.3) is 0 Å². The summed E-state index contributed by atoms with van der Waals surface area (Å²) in [5.74, 6) is -1.44. The molecule has 1 aromatic rings. The Morgan fingerprint density at radius 2 is 2.05 bits per heavy atom. The minimum atomic E-state index is -4.82. The molecule has 19 heavy (non-hydrogen) atoms. The Bertz CT molecular complexity index is 458. The summed E-state index contributed by atoms with van der Waals surface area (Å²) in [5.41, 5.74) is -0.353. The van der Waals surface area contributed by atoms with E-state index in [0.717, 1.165) is 12.1 Å². The predicted molar refractivity (Wildman–Crippen MR) is 57.5 cm³/mol. The van der Waals surface area contributed by atoms with Gasteiger partial charge in [-0.15, -0.1) is 0 Å². The van der Waals surface area contributed by atoms with Gasteiger partial charge in [0.2, 0.25) is 0 Å². The van der Waals surface area contributed by atoms with E-state index in [1.54, 1.807) is 0 Å². The van der Waals surface area contributed by atoms with Crippen LogP contribution in [0, 0.1) is 0 Å². The summed E-state index contributed by atoms with van der Waals surface area (Å²) in [6.45, 7) is -1.09. The first-order chi connectivity index (χ1) is 8.75. The van der Waals surface area contributed by atoms with E-state index in [0.29, 0.717) is 0 Å². The number of aromatic carboxylic acids is 1. The van der Waals surface area contributed by atoms with Crippen molar-refractivity contribution in [3.63, 3.8) is 0 Å². The molecule has 2 N–H and O–H groups in total. The van der Waals surface area contributed by atoms with Gasteiger partial charge in [0.05, 0.1) is 7.11 Å². The number of alkyl halides is 3. The second kappa shape index (κ2) is 5.79. The summed E-state index contributed by atoms with van der Waals surface area (Å²) in [6.07, 6.45) is -7.51. The highest BCUT2D eigenvalue weighted by molar-refractivity contribution is 5.91. The topological polar surface area (TPSA) is 76.0 Å². The molecule has 0 aliphatic rings. The number of carbonyl (C=O) groups is 1. The average molecular weight is 280 g/mol. The fraction of sp³-hybridized carbons (Fsp3) is 0.364.